The molecule has 0 fully saturated rings. The van der Waals surface area contributed by atoms with Gasteiger partial charge in [0.05, 0.1) is 31.7 Å². The Balaban J connectivity index is 1.53. The highest BCUT2D eigenvalue weighted by Crippen LogP contribution is 2.42. The summed E-state index contributed by atoms with van der Waals surface area (Å²) in [6.45, 7) is 3.25. The molecule has 0 bridgehead atoms. The third-order valence-corrected chi connectivity index (χ3v) is 6.38. The number of amides is 1. The van der Waals surface area contributed by atoms with Gasteiger partial charge in [-0.1, -0.05) is 24.3 Å². The van der Waals surface area contributed by atoms with Gasteiger partial charge in [-0.2, -0.15) is 0 Å². The molecule has 37 heavy (non-hydrogen) atoms. The summed E-state index contributed by atoms with van der Waals surface area (Å²) in [5.41, 5.74) is 1.13. The standard InChI is InChI=1S/C28H27N3O6/c1-3-36-21-10-9-19(16-22(21)35-2)25-24(26(32)23-15-18-7-4-5-8-20(18)37-23)27(33)28(34)31(25)13-6-12-30-14-11-29-17-30/h4-5,7-11,14-17,25,33H,3,6,12-13H2,1-2H3/t25-/m0/s1. The van der Waals surface area contributed by atoms with Crippen LogP contribution in [-0.2, 0) is 11.3 Å². The van der Waals surface area contributed by atoms with Crippen LogP contribution in [0.5, 0.6) is 11.5 Å². The Bertz CT molecular complexity index is 1440. The number of Topliss-reactive ketones (excluding diaryl/α,β-unsaturated/α-hetero) is 1. The first-order valence-electron chi connectivity index (χ1n) is 12.1. The number of aromatic nitrogens is 2. The Labute approximate surface area is 213 Å². The fraction of sp³-hybridized carbons (Fsp3) is 0.250. The number of carbonyl (C=O) groups excluding carboxylic acids is 2. The molecule has 0 aliphatic carbocycles. The van der Waals surface area contributed by atoms with Crippen LogP contribution in [0.2, 0.25) is 0 Å². The molecule has 0 spiro atoms. The van der Waals surface area contributed by atoms with Gasteiger partial charge in [0, 0.05) is 30.9 Å². The Morgan fingerprint density at radius 1 is 1.14 bits per heavy atom. The van der Waals surface area contributed by atoms with E-state index in [1.165, 1.54) is 12.0 Å². The molecule has 190 valence electrons. The van der Waals surface area contributed by atoms with Crippen LogP contribution in [-0.4, -0.2) is 51.5 Å². The van der Waals surface area contributed by atoms with Crippen LogP contribution < -0.4 is 9.47 Å². The van der Waals surface area contributed by atoms with Gasteiger partial charge in [-0.15, -0.1) is 0 Å². The van der Waals surface area contributed by atoms with Gasteiger partial charge in [-0.25, -0.2) is 4.98 Å². The molecule has 1 amide bonds. The first kappa shape index (κ1) is 24.2. The third kappa shape index (κ3) is 4.55. The van der Waals surface area contributed by atoms with E-state index in [2.05, 4.69) is 4.98 Å². The lowest BCUT2D eigenvalue weighted by Crippen LogP contribution is -2.32. The zero-order valence-corrected chi connectivity index (χ0v) is 20.6. The van der Waals surface area contributed by atoms with Crippen LogP contribution in [0, 0.1) is 0 Å². The number of nitrogens with zero attached hydrogens (tertiary/aromatic N) is 3. The van der Waals surface area contributed by atoms with Crippen molar-refractivity contribution in [2.75, 3.05) is 20.3 Å². The summed E-state index contributed by atoms with van der Waals surface area (Å²) < 4.78 is 18.9. The van der Waals surface area contributed by atoms with E-state index in [-0.39, 0.29) is 11.3 Å². The quantitative estimate of drug-likeness (QED) is 0.314. The highest BCUT2D eigenvalue weighted by molar-refractivity contribution is 6.16. The predicted octanol–water partition coefficient (Wildman–Crippen LogP) is 4.71. The summed E-state index contributed by atoms with van der Waals surface area (Å²) in [5.74, 6) is -0.667. The predicted molar refractivity (Wildman–Crippen MR) is 136 cm³/mol. The lowest BCUT2D eigenvalue weighted by atomic mass is 9.94. The third-order valence-electron chi connectivity index (χ3n) is 6.38. The van der Waals surface area contributed by atoms with Gasteiger partial charge in [-0.3, -0.25) is 9.59 Å². The van der Waals surface area contributed by atoms with Gasteiger partial charge in [0.25, 0.3) is 5.91 Å². The Morgan fingerprint density at radius 3 is 2.70 bits per heavy atom. The van der Waals surface area contributed by atoms with Gasteiger partial charge < -0.3 is 28.5 Å². The van der Waals surface area contributed by atoms with E-state index in [1.54, 1.807) is 42.9 Å². The monoisotopic (exact) mass is 501 g/mol. The Morgan fingerprint density at radius 2 is 1.97 bits per heavy atom. The molecule has 2 aromatic heterocycles. The number of hydrogen-bond donors (Lipinski definition) is 1. The molecule has 1 N–H and O–H groups in total. The number of aliphatic hydroxyl groups excluding tert-OH is 1. The van der Waals surface area contributed by atoms with Crippen molar-refractivity contribution in [3.63, 3.8) is 0 Å². The fourth-order valence-electron chi connectivity index (χ4n) is 4.66. The van der Waals surface area contributed by atoms with Crippen LogP contribution >= 0.6 is 0 Å². The van der Waals surface area contributed by atoms with Crippen LogP contribution in [0.1, 0.15) is 35.5 Å². The second-order valence-electron chi connectivity index (χ2n) is 8.64. The van der Waals surface area contributed by atoms with Crippen molar-refractivity contribution in [3.05, 3.63) is 89.9 Å². The molecule has 1 aliphatic rings. The van der Waals surface area contributed by atoms with Gasteiger partial charge in [0.15, 0.2) is 23.0 Å². The number of ether oxygens (including phenoxy) is 2. The SMILES string of the molecule is CCOc1ccc([C@H]2C(C(=O)c3cc4ccccc4o3)=C(O)C(=O)N2CCCn2ccnc2)cc1OC. The molecule has 9 heteroatoms. The second-order valence-corrected chi connectivity index (χ2v) is 8.64. The van der Waals surface area contributed by atoms with Crippen molar-refractivity contribution in [2.24, 2.45) is 0 Å². The molecule has 1 aliphatic heterocycles. The van der Waals surface area contributed by atoms with Crippen LogP contribution in [0.3, 0.4) is 0 Å². The highest BCUT2D eigenvalue weighted by Gasteiger charge is 2.44. The average molecular weight is 502 g/mol. The average Bonchev–Trinajstić information content (AvgIpc) is 3.64. The van der Waals surface area contributed by atoms with Crippen molar-refractivity contribution >= 4 is 22.7 Å². The number of rotatable bonds is 10. The van der Waals surface area contributed by atoms with E-state index in [1.807, 2.05) is 35.9 Å². The summed E-state index contributed by atoms with van der Waals surface area (Å²) in [6.07, 6.45) is 5.82. The van der Waals surface area contributed by atoms with Gasteiger partial charge in [0.1, 0.15) is 5.58 Å². The minimum Gasteiger partial charge on any atom is -0.503 e. The minimum absolute atomic E-state index is 0.0297. The number of fused-ring (bicyclic) bond motifs is 1. The number of hydrogen-bond acceptors (Lipinski definition) is 7. The zero-order chi connectivity index (χ0) is 25.9. The molecule has 0 unspecified atom stereocenters. The summed E-state index contributed by atoms with van der Waals surface area (Å²) in [6, 6.07) is 13.3. The fourth-order valence-corrected chi connectivity index (χ4v) is 4.66. The molecular formula is C28H27N3O6. The van der Waals surface area contributed by atoms with E-state index in [9.17, 15) is 14.7 Å². The van der Waals surface area contributed by atoms with Crippen molar-refractivity contribution in [1.82, 2.24) is 14.5 Å². The van der Waals surface area contributed by atoms with Crippen molar-refractivity contribution < 1.29 is 28.6 Å². The molecule has 0 radical (unpaired) electrons. The number of methoxy groups -OCH3 is 1. The lowest BCUT2D eigenvalue weighted by Gasteiger charge is -2.27. The maximum Gasteiger partial charge on any atom is 0.290 e. The van der Waals surface area contributed by atoms with E-state index in [4.69, 9.17) is 13.9 Å². The maximum atomic E-state index is 13.7. The summed E-state index contributed by atoms with van der Waals surface area (Å²) >= 11 is 0. The first-order chi connectivity index (χ1) is 18.0. The van der Waals surface area contributed by atoms with Crippen LogP contribution in [0.4, 0.5) is 0 Å². The number of aliphatic hydroxyl groups is 1. The highest BCUT2D eigenvalue weighted by atomic mass is 16.5. The normalized spacial score (nSPS) is 15.6. The lowest BCUT2D eigenvalue weighted by molar-refractivity contribution is -0.129. The molecule has 0 saturated heterocycles. The smallest absolute Gasteiger partial charge is 0.290 e. The molecular weight excluding hydrogens is 474 g/mol. The van der Waals surface area contributed by atoms with Gasteiger partial charge in [-0.05, 0) is 43.2 Å². The van der Waals surface area contributed by atoms with Gasteiger partial charge >= 0.3 is 0 Å². The number of aryl methyl sites for hydroxylation is 1. The number of benzene rings is 2. The van der Waals surface area contributed by atoms with Crippen molar-refractivity contribution in [2.45, 2.75) is 25.9 Å². The number of imidazole rings is 1. The number of para-hydroxylation sites is 1. The van der Waals surface area contributed by atoms with E-state index < -0.39 is 23.5 Å². The van der Waals surface area contributed by atoms with Crippen molar-refractivity contribution in [1.29, 1.82) is 0 Å². The van der Waals surface area contributed by atoms with Crippen molar-refractivity contribution in [3.8, 4) is 11.5 Å². The maximum absolute atomic E-state index is 13.7. The van der Waals surface area contributed by atoms with E-state index in [0.717, 1.165) is 5.39 Å². The first-order valence-corrected chi connectivity index (χ1v) is 12.1. The van der Waals surface area contributed by atoms with E-state index in [0.29, 0.717) is 48.8 Å². The summed E-state index contributed by atoms with van der Waals surface area (Å²) in [4.78, 5) is 32.6. The minimum atomic E-state index is -0.833. The van der Waals surface area contributed by atoms with Gasteiger partial charge in [0.2, 0.25) is 5.78 Å². The zero-order valence-electron chi connectivity index (χ0n) is 20.6. The van der Waals surface area contributed by atoms with Crippen LogP contribution in [0.15, 0.2) is 83.0 Å². The van der Waals surface area contributed by atoms with E-state index >= 15 is 0 Å². The number of ketones is 1. The molecule has 5 rings (SSSR count). The molecule has 2 aromatic carbocycles. The van der Waals surface area contributed by atoms with Crippen LogP contribution in [0.25, 0.3) is 11.0 Å². The molecule has 0 saturated carbocycles. The molecule has 9 nitrogen and oxygen atoms in total. The summed E-state index contributed by atoms with van der Waals surface area (Å²) in [7, 11) is 1.53. The largest absolute Gasteiger partial charge is 0.503 e. The second kappa shape index (κ2) is 10.2. The Hall–Kier alpha value is -4.53. The topological polar surface area (TPSA) is 107 Å². The number of carbonyl (C=O) groups is 2. The molecule has 1 atom stereocenters. The number of furan rings is 1. The molecule has 4 aromatic rings. The summed E-state index contributed by atoms with van der Waals surface area (Å²) in [5, 5.41) is 11.7. The molecule has 3 heterocycles. The Kier molecular flexibility index (Phi) is 6.68.